The molecular weight excluding hydrogens is 375 g/mol. The maximum atomic E-state index is 12.3. The number of carbonyl (C=O) groups excluding carboxylic acids is 1. The molecule has 1 atom stereocenters. The number of phenolic OH excluding ortho intramolecular Hbond substituents is 1. The van der Waals surface area contributed by atoms with Crippen molar-refractivity contribution in [3.8, 4) is 5.75 Å². The Kier molecular flexibility index (Phi) is 6.38. The van der Waals surface area contributed by atoms with Crippen molar-refractivity contribution in [1.29, 1.82) is 0 Å². The fraction of sp³-hybridized carbons (Fsp3) is 0.316. The van der Waals surface area contributed by atoms with Crippen molar-refractivity contribution in [1.82, 2.24) is 4.90 Å². The predicted molar refractivity (Wildman–Crippen MR) is 103 cm³/mol. The molecule has 138 valence electrons. The Balaban J connectivity index is 1.56. The highest BCUT2D eigenvalue weighted by Gasteiger charge is 2.23. The summed E-state index contributed by atoms with van der Waals surface area (Å²) in [5.41, 5.74) is 1.43. The molecule has 0 bridgehead atoms. The highest BCUT2D eigenvalue weighted by Crippen LogP contribution is 2.35. The largest absolute Gasteiger partial charge is 0.504 e. The minimum atomic E-state index is -0.259. The van der Waals surface area contributed by atoms with Gasteiger partial charge < -0.3 is 15.2 Å². The molecule has 2 N–H and O–H groups in total. The van der Waals surface area contributed by atoms with Crippen molar-refractivity contribution in [2.24, 2.45) is 0 Å². The van der Waals surface area contributed by atoms with Crippen LogP contribution < -0.4 is 5.32 Å². The quantitative estimate of drug-likeness (QED) is 0.754. The first-order valence-electron chi connectivity index (χ1n) is 8.37. The summed E-state index contributed by atoms with van der Waals surface area (Å²) in [6.07, 6.45) is -0.0150. The number of amides is 1. The lowest BCUT2D eigenvalue weighted by Crippen LogP contribution is -2.43. The average Bonchev–Trinajstić information content (AvgIpc) is 2.60. The van der Waals surface area contributed by atoms with E-state index >= 15 is 0 Å². The SMILES string of the molecule is O=C(C[C@@H]1CN(Cc2ccccc2)CCO1)Nc1cc(Cl)cc(Cl)c1O. The first-order chi connectivity index (χ1) is 12.5. The van der Waals surface area contributed by atoms with E-state index in [1.165, 1.54) is 17.7 Å². The maximum absolute atomic E-state index is 12.3. The molecule has 1 amide bonds. The van der Waals surface area contributed by atoms with Gasteiger partial charge in [-0.25, -0.2) is 0 Å². The number of phenols is 1. The van der Waals surface area contributed by atoms with E-state index in [2.05, 4.69) is 22.3 Å². The van der Waals surface area contributed by atoms with Gasteiger partial charge in [0.2, 0.25) is 5.91 Å². The molecule has 1 aliphatic rings. The summed E-state index contributed by atoms with van der Waals surface area (Å²) in [6, 6.07) is 13.1. The van der Waals surface area contributed by atoms with Gasteiger partial charge in [0.05, 0.1) is 29.8 Å². The number of hydrogen-bond acceptors (Lipinski definition) is 4. The van der Waals surface area contributed by atoms with Gasteiger partial charge in [0.25, 0.3) is 0 Å². The van der Waals surface area contributed by atoms with Crippen LogP contribution in [0.4, 0.5) is 5.69 Å². The zero-order valence-corrected chi connectivity index (χ0v) is 15.6. The van der Waals surface area contributed by atoms with Gasteiger partial charge in [-0.2, -0.15) is 0 Å². The van der Waals surface area contributed by atoms with E-state index in [-0.39, 0.29) is 34.9 Å². The molecule has 26 heavy (non-hydrogen) atoms. The number of morpholine rings is 1. The number of anilines is 1. The number of benzene rings is 2. The van der Waals surface area contributed by atoms with Gasteiger partial charge in [-0.15, -0.1) is 0 Å². The van der Waals surface area contributed by atoms with Crippen molar-refractivity contribution < 1.29 is 14.6 Å². The van der Waals surface area contributed by atoms with Crippen LogP contribution in [-0.4, -0.2) is 41.7 Å². The summed E-state index contributed by atoms with van der Waals surface area (Å²) >= 11 is 11.8. The van der Waals surface area contributed by atoms with Crippen LogP contribution in [-0.2, 0) is 16.1 Å². The second-order valence-electron chi connectivity index (χ2n) is 6.25. The molecule has 1 heterocycles. The number of nitrogens with zero attached hydrogens (tertiary/aromatic N) is 1. The Morgan fingerprint density at radius 2 is 2.04 bits per heavy atom. The van der Waals surface area contributed by atoms with Crippen molar-refractivity contribution in [2.45, 2.75) is 19.1 Å². The van der Waals surface area contributed by atoms with Crippen LogP contribution in [0.15, 0.2) is 42.5 Å². The molecule has 1 saturated heterocycles. The first kappa shape index (κ1) is 19.0. The molecule has 0 spiro atoms. The highest BCUT2D eigenvalue weighted by atomic mass is 35.5. The molecule has 1 fully saturated rings. The third-order valence-corrected chi connectivity index (χ3v) is 4.69. The van der Waals surface area contributed by atoms with Crippen molar-refractivity contribution >= 4 is 34.8 Å². The number of ether oxygens (including phenoxy) is 1. The predicted octanol–water partition coefficient (Wildman–Crippen LogP) is 3.93. The van der Waals surface area contributed by atoms with E-state index < -0.39 is 0 Å². The zero-order valence-electron chi connectivity index (χ0n) is 14.1. The smallest absolute Gasteiger partial charge is 0.227 e. The molecule has 5 nitrogen and oxygen atoms in total. The van der Waals surface area contributed by atoms with Gasteiger partial charge >= 0.3 is 0 Å². The minimum absolute atomic E-state index is 0.0933. The average molecular weight is 395 g/mol. The summed E-state index contributed by atoms with van der Waals surface area (Å²) in [4.78, 5) is 14.6. The van der Waals surface area contributed by atoms with Crippen molar-refractivity contribution in [3.05, 3.63) is 58.1 Å². The molecule has 0 radical (unpaired) electrons. The topological polar surface area (TPSA) is 61.8 Å². The molecule has 0 aromatic heterocycles. The number of carbonyl (C=O) groups is 1. The third-order valence-electron chi connectivity index (χ3n) is 4.19. The molecule has 2 aromatic carbocycles. The Labute approximate surface area is 162 Å². The molecule has 0 aliphatic carbocycles. The molecule has 2 aromatic rings. The molecule has 0 saturated carbocycles. The molecule has 3 rings (SSSR count). The van der Waals surface area contributed by atoms with Gasteiger partial charge in [-0.3, -0.25) is 9.69 Å². The molecule has 1 aliphatic heterocycles. The summed E-state index contributed by atoms with van der Waals surface area (Å²) in [7, 11) is 0. The second kappa shape index (κ2) is 8.73. The van der Waals surface area contributed by atoms with Crippen LogP contribution in [0.1, 0.15) is 12.0 Å². The van der Waals surface area contributed by atoms with Gasteiger partial charge in [0, 0.05) is 24.7 Å². The maximum Gasteiger partial charge on any atom is 0.227 e. The van der Waals surface area contributed by atoms with Gasteiger partial charge in [0.15, 0.2) is 5.75 Å². The standard InChI is InChI=1S/C19H20Cl2N2O3/c20-14-8-16(21)19(25)17(9-14)22-18(24)10-15-12-23(6-7-26-15)11-13-4-2-1-3-5-13/h1-5,8-9,15,25H,6-7,10-12H2,(H,22,24)/t15-/m1/s1. The number of halogens is 2. The summed E-state index contributed by atoms with van der Waals surface area (Å²) in [6.45, 7) is 2.91. The van der Waals surface area contributed by atoms with Crippen LogP contribution in [0.2, 0.25) is 10.0 Å². The number of aromatic hydroxyl groups is 1. The van der Waals surface area contributed by atoms with E-state index in [1.54, 1.807) is 0 Å². The lowest BCUT2D eigenvalue weighted by atomic mass is 10.1. The number of hydrogen-bond donors (Lipinski definition) is 2. The molecular formula is C19H20Cl2N2O3. The molecule has 0 unspecified atom stereocenters. The summed E-state index contributed by atoms with van der Waals surface area (Å²) < 4.78 is 5.71. The van der Waals surface area contributed by atoms with Gasteiger partial charge in [0.1, 0.15) is 0 Å². The Morgan fingerprint density at radius 3 is 2.81 bits per heavy atom. The van der Waals surface area contributed by atoms with E-state index in [4.69, 9.17) is 27.9 Å². The van der Waals surface area contributed by atoms with Crippen LogP contribution in [0, 0.1) is 0 Å². The monoisotopic (exact) mass is 394 g/mol. The Bertz CT molecular complexity index is 771. The lowest BCUT2D eigenvalue weighted by Gasteiger charge is -2.32. The normalized spacial score (nSPS) is 17.8. The minimum Gasteiger partial charge on any atom is -0.504 e. The van der Waals surface area contributed by atoms with Gasteiger partial charge in [-0.1, -0.05) is 53.5 Å². The van der Waals surface area contributed by atoms with E-state index in [0.29, 0.717) is 18.2 Å². The summed E-state index contributed by atoms with van der Waals surface area (Å²) in [5.74, 6) is -0.454. The van der Waals surface area contributed by atoms with Crippen molar-refractivity contribution in [3.63, 3.8) is 0 Å². The first-order valence-corrected chi connectivity index (χ1v) is 9.12. The van der Waals surface area contributed by atoms with Crippen LogP contribution >= 0.6 is 23.2 Å². The van der Waals surface area contributed by atoms with E-state index in [0.717, 1.165) is 13.1 Å². The molecule has 7 heteroatoms. The zero-order chi connectivity index (χ0) is 18.5. The van der Waals surface area contributed by atoms with E-state index in [1.807, 2.05) is 18.2 Å². The summed E-state index contributed by atoms with van der Waals surface area (Å²) in [5, 5.41) is 13.0. The van der Waals surface area contributed by atoms with Gasteiger partial charge in [-0.05, 0) is 17.7 Å². The Morgan fingerprint density at radius 1 is 1.27 bits per heavy atom. The fourth-order valence-electron chi connectivity index (χ4n) is 2.96. The van der Waals surface area contributed by atoms with Crippen LogP contribution in [0.3, 0.4) is 0 Å². The number of nitrogens with one attached hydrogen (secondary N) is 1. The van der Waals surface area contributed by atoms with Crippen molar-refractivity contribution in [2.75, 3.05) is 25.0 Å². The van der Waals surface area contributed by atoms with Crippen LogP contribution in [0.5, 0.6) is 5.75 Å². The van der Waals surface area contributed by atoms with Crippen LogP contribution in [0.25, 0.3) is 0 Å². The number of rotatable bonds is 5. The fourth-order valence-corrected chi connectivity index (χ4v) is 3.45. The highest BCUT2D eigenvalue weighted by molar-refractivity contribution is 6.36. The Hall–Kier alpha value is -1.79. The van der Waals surface area contributed by atoms with E-state index in [9.17, 15) is 9.90 Å². The third kappa shape index (κ3) is 5.11. The second-order valence-corrected chi connectivity index (χ2v) is 7.09. The lowest BCUT2D eigenvalue weighted by molar-refractivity contribution is -0.121.